The molecule has 0 aliphatic carbocycles. The SMILES string of the molecule is O=C(CN1CSCC1=O)NCc1cn(Cc2ccccc2)nc1-c1ccccc1. The lowest BCUT2D eigenvalue weighted by atomic mass is 10.1. The van der Waals surface area contributed by atoms with E-state index in [0.717, 1.165) is 22.4 Å². The summed E-state index contributed by atoms with van der Waals surface area (Å²) in [5.41, 5.74) is 3.97. The highest BCUT2D eigenvalue weighted by Crippen LogP contribution is 2.22. The van der Waals surface area contributed by atoms with Crippen LogP contribution in [-0.2, 0) is 22.7 Å². The van der Waals surface area contributed by atoms with Gasteiger partial charge in [-0.15, -0.1) is 11.8 Å². The van der Waals surface area contributed by atoms with Crippen LogP contribution in [0.25, 0.3) is 11.3 Å². The molecule has 3 aromatic rings. The lowest BCUT2D eigenvalue weighted by molar-refractivity contribution is -0.132. The van der Waals surface area contributed by atoms with Crippen LogP contribution in [0.5, 0.6) is 0 Å². The molecule has 1 aliphatic heterocycles. The fourth-order valence-electron chi connectivity index (χ4n) is 3.25. The largest absolute Gasteiger partial charge is 0.350 e. The Kier molecular flexibility index (Phi) is 5.95. The first-order chi connectivity index (χ1) is 14.2. The van der Waals surface area contributed by atoms with Crippen molar-refractivity contribution in [2.45, 2.75) is 13.1 Å². The van der Waals surface area contributed by atoms with Crippen LogP contribution >= 0.6 is 11.8 Å². The number of nitrogens with one attached hydrogen (secondary N) is 1. The Morgan fingerprint density at radius 1 is 1.07 bits per heavy atom. The molecule has 4 rings (SSSR count). The molecule has 29 heavy (non-hydrogen) atoms. The van der Waals surface area contributed by atoms with E-state index in [1.165, 1.54) is 11.8 Å². The fourth-order valence-corrected chi connectivity index (χ4v) is 4.15. The van der Waals surface area contributed by atoms with Gasteiger partial charge in [-0.25, -0.2) is 0 Å². The van der Waals surface area contributed by atoms with Crippen molar-refractivity contribution in [1.29, 1.82) is 0 Å². The number of benzene rings is 2. The molecule has 0 atom stereocenters. The molecule has 6 nitrogen and oxygen atoms in total. The summed E-state index contributed by atoms with van der Waals surface area (Å²) in [5.74, 6) is 0.898. The second-order valence-corrected chi connectivity index (χ2v) is 7.85. The van der Waals surface area contributed by atoms with Crippen molar-refractivity contribution >= 4 is 23.6 Å². The molecule has 2 heterocycles. The average Bonchev–Trinajstić information content (AvgIpc) is 3.34. The van der Waals surface area contributed by atoms with Crippen molar-refractivity contribution in [1.82, 2.24) is 20.0 Å². The van der Waals surface area contributed by atoms with E-state index in [1.54, 1.807) is 4.90 Å². The standard InChI is InChI=1S/C22H22N4O2S/c27-20(14-25-16-29-15-21(25)28)23-11-19-13-26(12-17-7-3-1-4-8-17)24-22(19)18-9-5-2-6-10-18/h1-10,13H,11-12,14-16H2,(H,23,27). The highest BCUT2D eigenvalue weighted by Gasteiger charge is 2.23. The molecule has 0 spiro atoms. The van der Waals surface area contributed by atoms with Crippen LogP contribution < -0.4 is 5.32 Å². The average molecular weight is 407 g/mol. The molecule has 1 saturated heterocycles. The van der Waals surface area contributed by atoms with Crippen LogP contribution in [0.4, 0.5) is 0 Å². The minimum atomic E-state index is -0.157. The molecule has 7 heteroatoms. The normalized spacial score (nSPS) is 13.7. The van der Waals surface area contributed by atoms with Gasteiger partial charge in [0.15, 0.2) is 0 Å². The minimum Gasteiger partial charge on any atom is -0.350 e. The molecule has 1 fully saturated rings. The number of nitrogens with zero attached hydrogens (tertiary/aromatic N) is 3. The number of thioether (sulfide) groups is 1. The third-order valence-electron chi connectivity index (χ3n) is 4.71. The number of aromatic nitrogens is 2. The Labute approximate surface area is 173 Å². The van der Waals surface area contributed by atoms with Crippen molar-refractivity contribution in [2.24, 2.45) is 0 Å². The summed E-state index contributed by atoms with van der Waals surface area (Å²) in [4.78, 5) is 25.6. The Bertz CT molecular complexity index is 989. The van der Waals surface area contributed by atoms with E-state index in [1.807, 2.05) is 59.4 Å². The lowest BCUT2D eigenvalue weighted by Crippen LogP contribution is -2.37. The van der Waals surface area contributed by atoms with Gasteiger partial charge in [0.2, 0.25) is 11.8 Å². The fraction of sp³-hybridized carbons (Fsp3) is 0.227. The zero-order chi connectivity index (χ0) is 20.1. The summed E-state index contributed by atoms with van der Waals surface area (Å²) in [6.07, 6.45) is 1.98. The third kappa shape index (κ3) is 4.86. The van der Waals surface area contributed by atoms with Crippen molar-refractivity contribution in [3.8, 4) is 11.3 Å². The van der Waals surface area contributed by atoms with Crippen molar-refractivity contribution in [3.63, 3.8) is 0 Å². The Balaban J connectivity index is 1.49. The van der Waals surface area contributed by atoms with Gasteiger partial charge in [0.05, 0.1) is 23.9 Å². The predicted octanol–water partition coefficient (Wildman–Crippen LogP) is 2.75. The molecule has 0 radical (unpaired) electrons. The van der Waals surface area contributed by atoms with Crippen LogP contribution in [0.15, 0.2) is 66.9 Å². The number of carbonyl (C=O) groups excluding carboxylic acids is 2. The molecule has 1 aliphatic rings. The number of hydrogen-bond donors (Lipinski definition) is 1. The lowest BCUT2D eigenvalue weighted by Gasteiger charge is -2.14. The number of carbonyl (C=O) groups is 2. The van der Waals surface area contributed by atoms with Crippen LogP contribution in [0.3, 0.4) is 0 Å². The van der Waals surface area contributed by atoms with Crippen molar-refractivity contribution < 1.29 is 9.59 Å². The molecule has 0 bridgehead atoms. The van der Waals surface area contributed by atoms with Crippen LogP contribution in [0.1, 0.15) is 11.1 Å². The van der Waals surface area contributed by atoms with Gasteiger partial charge < -0.3 is 10.2 Å². The van der Waals surface area contributed by atoms with Gasteiger partial charge in [-0.1, -0.05) is 60.7 Å². The zero-order valence-electron chi connectivity index (χ0n) is 16.0. The molecule has 0 saturated carbocycles. The molecule has 1 aromatic heterocycles. The molecular weight excluding hydrogens is 384 g/mol. The van der Waals surface area contributed by atoms with Gasteiger partial charge in [0.1, 0.15) is 6.54 Å². The second kappa shape index (κ2) is 8.96. The maximum absolute atomic E-state index is 12.3. The van der Waals surface area contributed by atoms with Gasteiger partial charge in [0.25, 0.3) is 0 Å². The van der Waals surface area contributed by atoms with Crippen LogP contribution in [0.2, 0.25) is 0 Å². The first-order valence-electron chi connectivity index (χ1n) is 9.47. The quantitative estimate of drug-likeness (QED) is 0.655. The summed E-state index contributed by atoms with van der Waals surface area (Å²) in [5, 5.41) is 7.70. The summed E-state index contributed by atoms with van der Waals surface area (Å²) in [6, 6.07) is 20.1. The van der Waals surface area contributed by atoms with Crippen molar-refractivity contribution in [3.05, 3.63) is 78.0 Å². The highest BCUT2D eigenvalue weighted by molar-refractivity contribution is 8.00. The van der Waals surface area contributed by atoms with Gasteiger partial charge in [-0.2, -0.15) is 5.10 Å². The molecule has 148 valence electrons. The minimum absolute atomic E-state index is 0.0193. The topological polar surface area (TPSA) is 67.2 Å². The Morgan fingerprint density at radius 2 is 1.79 bits per heavy atom. The third-order valence-corrected chi connectivity index (χ3v) is 5.65. The van der Waals surface area contributed by atoms with E-state index < -0.39 is 0 Å². The van der Waals surface area contributed by atoms with E-state index in [0.29, 0.717) is 24.7 Å². The van der Waals surface area contributed by atoms with E-state index in [-0.39, 0.29) is 18.4 Å². The molecular formula is C22H22N4O2S. The summed E-state index contributed by atoms with van der Waals surface area (Å²) in [6.45, 7) is 1.13. The maximum atomic E-state index is 12.3. The van der Waals surface area contributed by atoms with E-state index >= 15 is 0 Å². The van der Waals surface area contributed by atoms with Gasteiger partial charge in [0, 0.05) is 23.9 Å². The highest BCUT2D eigenvalue weighted by atomic mass is 32.2. The van der Waals surface area contributed by atoms with E-state index in [4.69, 9.17) is 5.10 Å². The Hall–Kier alpha value is -3.06. The van der Waals surface area contributed by atoms with Crippen molar-refractivity contribution in [2.75, 3.05) is 18.2 Å². The maximum Gasteiger partial charge on any atom is 0.239 e. The molecule has 0 unspecified atom stereocenters. The first-order valence-corrected chi connectivity index (χ1v) is 10.6. The van der Waals surface area contributed by atoms with Gasteiger partial charge in [-0.3, -0.25) is 14.3 Å². The number of rotatable bonds is 7. The molecule has 2 amide bonds. The van der Waals surface area contributed by atoms with Gasteiger partial charge >= 0.3 is 0 Å². The predicted molar refractivity (Wildman–Crippen MR) is 114 cm³/mol. The first kappa shape index (κ1) is 19.3. The van der Waals surface area contributed by atoms with Crippen LogP contribution in [-0.4, -0.2) is 44.7 Å². The molecule has 2 aromatic carbocycles. The number of hydrogen-bond acceptors (Lipinski definition) is 4. The zero-order valence-corrected chi connectivity index (χ0v) is 16.8. The summed E-state index contributed by atoms with van der Waals surface area (Å²) in [7, 11) is 0. The Morgan fingerprint density at radius 3 is 2.48 bits per heavy atom. The summed E-state index contributed by atoms with van der Waals surface area (Å²) < 4.78 is 1.90. The van der Waals surface area contributed by atoms with E-state index in [9.17, 15) is 9.59 Å². The second-order valence-electron chi connectivity index (χ2n) is 6.90. The van der Waals surface area contributed by atoms with Gasteiger partial charge in [-0.05, 0) is 5.56 Å². The van der Waals surface area contributed by atoms with Crippen LogP contribution in [0, 0.1) is 0 Å². The smallest absolute Gasteiger partial charge is 0.239 e. The monoisotopic (exact) mass is 406 g/mol. The van der Waals surface area contributed by atoms with E-state index in [2.05, 4.69) is 17.4 Å². The number of amides is 2. The molecule has 1 N–H and O–H groups in total. The summed E-state index contributed by atoms with van der Waals surface area (Å²) >= 11 is 1.53.